The molecule has 0 saturated heterocycles. The molecular weight excluding hydrogens is 625 g/mol. The molecule has 3 amide bonds. The summed E-state index contributed by atoms with van der Waals surface area (Å²) >= 11 is 0. The van der Waals surface area contributed by atoms with Crippen LogP contribution in [-0.2, 0) is 45.8 Å². The fourth-order valence-corrected chi connectivity index (χ4v) is 5.70. The number of anilines is 1. The van der Waals surface area contributed by atoms with E-state index in [1.54, 1.807) is 58.9 Å². The summed E-state index contributed by atoms with van der Waals surface area (Å²) in [4.78, 5) is 67.6. The van der Waals surface area contributed by atoms with Crippen molar-refractivity contribution in [1.29, 1.82) is 0 Å². The van der Waals surface area contributed by atoms with Gasteiger partial charge in [0.1, 0.15) is 30.6 Å². The number of nitrogens with one attached hydrogen (secondary N) is 2. The first-order chi connectivity index (χ1) is 21.7. The van der Waals surface area contributed by atoms with Gasteiger partial charge in [-0.3, -0.25) is 19.2 Å². The predicted octanol–water partition coefficient (Wildman–Crippen LogP) is 3.45. The van der Waals surface area contributed by atoms with Crippen LogP contribution in [0.3, 0.4) is 0 Å². The van der Waals surface area contributed by atoms with Crippen molar-refractivity contribution in [2.45, 2.75) is 65.8 Å². The minimum absolute atomic E-state index is 0.00774. The van der Waals surface area contributed by atoms with Gasteiger partial charge >= 0.3 is 31.4 Å². The van der Waals surface area contributed by atoms with Gasteiger partial charge in [0.05, 0.1) is 19.4 Å². The lowest BCUT2D eigenvalue weighted by Crippen LogP contribution is -2.50. The van der Waals surface area contributed by atoms with E-state index in [1.807, 2.05) is 6.07 Å². The smallest absolute Gasteiger partial charge is 0.413 e. The monoisotopic (exact) mass is 667 g/mol. The van der Waals surface area contributed by atoms with E-state index < -0.39 is 55.5 Å². The quantitative estimate of drug-likeness (QED) is 0.208. The minimum atomic E-state index is -3.66. The molecule has 17 heteroatoms. The first kappa shape index (κ1) is 37.9. The third-order valence-electron chi connectivity index (χ3n) is 5.95. The maximum Gasteiger partial charge on any atom is 0.413 e. The third kappa shape index (κ3) is 13.4. The molecule has 2 rings (SSSR count). The summed E-state index contributed by atoms with van der Waals surface area (Å²) in [6.45, 7) is 7.21. The number of alkyl carbamates (subject to hydrolysis) is 1. The average molecular weight is 668 g/mol. The zero-order valence-corrected chi connectivity index (χ0v) is 27.5. The fourth-order valence-electron chi connectivity index (χ4n) is 4.02. The van der Waals surface area contributed by atoms with E-state index in [0.29, 0.717) is 0 Å². The Kier molecular flexibility index (Phi) is 14.9. The predicted molar refractivity (Wildman–Crippen MR) is 166 cm³/mol. The van der Waals surface area contributed by atoms with Gasteiger partial charge < -0.3 is 33.8 Å². The number of carbonyl (C=O) groups is 4. The highest BCUT2D eigenvalue weighted by atomic mass is 31.2. The Morgan fingerprint density at radius 3 is 2.26 bits per heavy atom. The number of carboxylic acids is 1. The number of amides is 3. The van der Waals surface area contributed by atoms with Crippen LogP contribution < -0.4 is 16.3 Å². The average Bonchev–Trinajstić information content (AvgIpc) is 2.96. The van der Waals surface area contributed by atoms with E-state index in [1.165, 1.54) is 12.3 Å². The zero-order chi connectivity index (χ0) is 34.3. The molecule has 0 radical (unpaired) electrons. The van der Waals surface area contributed by atoms with E-state index in [9.17, 15) is 33.6 Å². The lowest BCUT2D eigenvalue weighted by molar-refractivity contribution is -0.150. The highest BCUT2D eigenvalue weighted by Gasteiger charge is 2.34. The Balaban J connectivity index is 2.19. The standard InChI is InChI=1S/C29H42N5O11P/c1-6-43-46(41,44-7-2)18-14-22(25(36)37)34(17-15-30-27(39)45-29(3,4)5)24(35)19-33-16-13-23(31-26(33)38)32-28(40)42-20-21-11-9-8-10-12-21/h8-13,16,22H,6-7,14-15,17-20H2,1-5H3,(H,30,39)(H,36,37)(H,31,32,38,40)/t22-/m1/s1. The van der Waals surface area contributed by atoms with E-state index in [4.69, 9.17) is 18.5 Å². The van der Waals surface area contributed by atoms with Crippen molar-refractivity contribution in [1.82, 2.24) is 19.8 Å². The molecule has 254 valence electrons. The van der Waals surface area contributed by atoms with E-state index in [2.05, 4.69) is 15.6 Å². The summed E-state index contributed by atoms with van der Waals surface area (Å²) < 4.78 is 34.8. The maximum atomic E-state index is 13.5. The van der Waals surface area contributed by atoms with Gasteiger partial charge in [-0.2, -0.15) is 4.98 Å². The summed E-state index contributed by atoms with van der Waals surface area (Å²) in [6, 6.07) is 8.68. The van der Waals surface area contributed by atoms with Crippen molar-refractivity contribution in [3.05, 3.63) is 58.6 Å². The second kappa shape index (κ2) is 18.0. The number of hydrogen-bond acceptors (Lipinski definition) is 11. The molecule has 46 heavy (non-hydrogen) atoms. The second-order valence-corrected chi connectivity index (χ2v) is 12.9. The number of carbonyl (C=O) groups excluding carboxylic acids is 3. The van der Waals surface area contributed by atoms with Crippen LogP contribution in [0.25, 0.3) is 0 Å². The molecule has 16 nitrogen and oxygen atoms in total. The number of rotatable bonds is 17. The van der Waals surface area contributed by atoms with Crippen LogP contribution in [0, 0.1) is 0 Å². The first-order valence-electron chi connectivity index (χ1n) is 14.6. The molecule has 0 unspecified atom stereocenters. The van der Waals surface area contributed by atoms with Crippen LogP contribution in [0.5, 0.6) is 0 Å². The Bertz CT molecular complexity index is 1420. The molecule has 0 aliphatic heterocycles. The van der Waals surface area contributed by atoms with Gasteiger partial charge in [-0.05, 0) is 52.7 Å². The Morgan fingerprint density at radius 1 is 1.04 bits per heavy atom. The molecular formula is C29H42N5O11P. The SMILES string of the molecule is CCOP(=O)(CC[C@H](C(=O)O)N(CCNC(=O)OC(C)(C)C)C(=O)Cn1ccc(NC(=O)OCc2ccccc2)nc1=O)OCC. The van der Waals surface area contributed by atoms with Crippen molar-refractivity contribution >= 4 is 37.5 Å². The van der Waals surface area contributed by atoms with Crippen LogP contribution in [0.4, 0.5) is 15.4 Å². The molecule has 0 aliphatic carbocycles. The van der Waals surface area contributed by atoms with Gasteiger partial charge in [0, 0.05) is 19.3 Å². The van der Waals surface area contributed by atoms with Crippen LogP contribution in [0.1, 0.15) is 46.6 Å². The second-order valence-electron chi connectivity index (χ2n) is 10.7. The Hall–Kier alpha value is -4.27. The van der Waals surface area contributed by atoms with Crippen molar-refractivity contribution < 1.29 is 47.4 Å². The van der Waals surface area contributed by atoms with Crippen molar-refractivity contribution in [3.8, 4) is 0 Å². The van der Waals surface area contributed by atoms with Gasteiger partial charge in [0.2, 0.25) is 5.91 Å². The Morgan fingerprint density at radius 2 is 1.70 bits per heavy atom. The number of nitrogens with zero attached hydrogens (tertiary/aromatic N) is 3. The highest BCUT2D eigenvalue weighted by molar-refractivity contribution is 7.53. The summed E-state index contributed by atoms with van der Waals surface area (Å²) in [7, 11) is -3.66. The van der Waals surface area contributed by atoms with Gasteiger partial charge in [-0.25, -0.2) is 19.2 Å². The van der Waals surface area contributed by atoms with E-state index in [-0.39, 0.29) is 51.3 Å². The topological polar surface area (TPSA) is 205 Å². The molecule has 1 aromatic heterocycles. The van der Waals surface area contributed by atoms with E-state index >= 15 is 0 Å². The number of aromatic nitrogens is 2. The summed E-state index contributed by atoms with van der Waals surface area (Å²) in [5.74, 6) is -2.35. The molecule has 0 fully saturated rings. The van der Waals surface area contributed by atoms with Crippen LogP contribution >= 0.6 is 7.60 Å². The molecule has 1 atom stereocenters. The molecule has 0 spiro atoms. The maximum absolute atomic E-state index is 13.5. The van der Waals surface area contributed by atoms with Crippen LogP contribution in [0.2, 0.25) is 0 Å². The fraction of sp³-hybridized carbons (Fsp3) is 0.517. The van der Waals surface area contributed by atoms with Crippen LogP contribution in [-0.4, -0.2) is 87.7 Å². The normalized spacial score (nSPS) is 12.1. The van der Waals surface area contributed by atoms with Gasteiger partial charge in [0.15, 0.2) is 0 Å². The molecule has 2 aromatic rings. The minimum Gasteiger partial charge on any atom is -0.480 e. The number of ether oxygens (including phenoxy) is 2. The largest absolute Gasteiger partial charge is 0.480 e. The molecule has 1 heterocycles. The third-order valence-corrected chi connectivity index (χ3v) is 8.06. The van der Waals surface area contributed by atoms with Crippen molar-refractivity contribution in [3.63, 3.8) is 0 Å². The van der Waals surface area contributed by atoms with Gasteiger partial charge in [-0.15, -0.1) is 0 Å². The Labute approximate surface area is 266 Å². The first-order valence-corrected chi connectivity index (χ1v) is 16.3. The summed E-state index contributed by atoms with van der Waals surface area (Å²) in [5.41, 5.74) is -0.953. The number of carboxylic acid groups (broad SMARTS) is 1. The summed E-state index contributed by atoms with van der Waals surface area (Å²) in [6.07, 6.45) is -1.06. The number of hydrogen-bond donors (Lipinski definition) is 3. The summed E-state index contributed by atoms with van der Waals surface area (Å²) in [5, 5.41) is 14.9. The number of benzene rings is 1. The molecule has 0 bridgehead atoms. The highest BCUT2D eigenvalue weighted by Crippen LogP contribution is 2.48. The lowest BCUT2D eigenvalue weighted by atomic mass is 10.2. The van der Waals surface area contributed by atoms with Crippen LogP contribution in [0.15, 0.2) is 47.4 Å². The van der Waals surface area contributed by atoms with Crippen molar-refractivity contribution in [2.75, 3.05) is 37.8 Å². The lowest BCUT2D eigenvalue weighted by Gasteiger charge is -2.30. The molecule has 3 N–H and O–H groups in total. The number of aliphatic carboxylic acids is 1. The molecule has 0 saturated carbocycles. The molecule has 0 aliphatic rings. The van der Waals surface area contributed by atoms with Gasteiger partial charge in [-0.1, -0.05) is 30.3 Å². The van der Waals surface area contributed by atoms with E-state index in [0.717, 1.165) is 15.0 Å². The zero-order valence-electron chi connectivity index (χ0n) is 26.6. The van der Waals surface area contributed by atoms with Crippen molar-refractivity contribution in [2.24, 2.45) is 0 Å². The molecule has 1 aromatic carbocycles. The van der Waals surface area contributed by atoms with Gasteiger partial charge in [0.25, 0.3) is 0 Å².